The van der Waals surface area contributed by atoms with Crippen molar-refractivity contribution < 1.29 is 9.90 Å². The molecule has 0 spiro atoms. The van der Waals surface area contributed by atoms with Crippen LogP contribution in [0.4, 0.5) is 0 Å². The van der Waals surface area contributed by atoms with E-state index in [4.69, 9.17) is 0 Å². The van der Waals surface area contributed by atoms with Crippen molar-refractivity contribution in [3.05, 3.63) is 34.9 Å². The molecule has 0 aliphatic heterocycles. The smallest absolute Gasteiger partial charge is 0.325 e. The van der Waals surface area contributed by atoms with E-state index >= 15 is 0 Å². The molecule has 0 radical (unpaired) electrons. The van der Waals surface area contributed by atoms with Crippen LogP contribution in [0.25, 0.3) is 0 Å². The predicted molar refractivity (Wildman–Crippen MR) is 72.8 cm³/mol. The zero-order valence-electron chi connectivity index (χ0n) is 11.5. The molecular weight excluding hydrogens is 228 g/mol. The van der Waals surface area contributed by atoms with Crippen molar-refractivity contribution in [2.45, 2.75) is 19.9 Å². The number of benzene rings is 1. The molecule has 18 heavy (non-hydrogen) atoms. The second-order valence-corrected chi connectivity index (χ2v) is 4.95. The summed E-state index contributed by atoms with van der Waals surface area (Å²) in [6, 6.07) is 5.26. The summed E-state index contributed by atoms with van der Waals surface area (Å²) < 4.78 is 0. The average molecular weight is 250 g/mol. The number of hydrogen-bond acceptors (Lipinski definition) is 3. The predicted octanol–water partition coefficient (Wildman–Crippen LogP) is 1.58. The first kappa shape index (κ1) is 14.7. The molecule has 0 aromatic heterocycles. The van der Waals surface area contributed by atoms with Crippen LogP contribution in [0.1, 0.15) is 22.7 Å². The molecule has 0 saturated carbocycles. The minimum Gasteiger partial charge on any atom is -0.480 e. The fourth-order valence-corrected chi connectivity index (χ4v) is 1.96. The van der Waals surface area contributed by atoms with Crippen LogP contribution in [0, 0.1) is 13.8 Å². The van der Waals surface area contributed by atoms with Gasteiger partial charge in [-0.15, -0.1) is 0 Å². The molecule has 0 amide bonds. The molecule has 0 aliphatic rings. The lowest BCUT2D eigenvalue weighted by atomic mass is 10.0. The Balaban J connectivity index is 2.80. The first-order valence-corrected chi connectivity index (χ1v) is 6.09. The number of hydrogen-bond donors (Lipinski definition) is 2. The number of rotatable bonds is 6. The minimum atomic E-state index is -0.834. The van der Waals surface area contributed by atoms with Gasteiger partial charge in [-0.25, -0.2) is 0 Å². The highest BCUT2D eigenvalue weighted by molar-refractivity contribution is 5.75. The Hall–Kier alpha value is -1.39. The average Bonchev–Trinajstić information content (AvgIpc) is 2.21. The van der Waals surface area contributed by atoms with Crippen LogP contribution in [0.2, 0.25) is 0 Å². The summed E-state index contributed by atoms with van der Waals surface area (Å²) in [5.41, 5.74) is 3.00. The number of carboxylic acid groups (broad SMARTS) is 1. The summed E-state index contributed by atoms with van der Waals surface area (Å²) in [5, 5.41) is 12.4. The lowest BCUT2D eigenvalue weighted by molar-refractivity contribution is -0.139. The van der Waals surface area contributed by atoms with Gasteiger partial charge in [0, 0.05) is 13.1 Å². The van der Waals surface area contributed by atoms with E-state index in [2.05, 4.69) is 5.32 Å². The van der Waals surface area contributed by atoms with E-state index in [1.165, 1.54) is 0 Å². The van der Waals surface area contributed by atoms with Gasteiger partial charge < -0.3 is 10.0 Å². The Morgan fingerprint density at radius 3 is 2.28 bits per heavy atom. The normalized spacial score (nSPS) is 12.7. The summed E-state index contributed by atoms with van der Waals surface area (Å²) in [5.74, 6) is -0.834. The van der Waals surface area contributed by atoms with Crippen molar-refractivity contribution in [3.63, 3.8) is 0 Å². The van der Waals surface area contributed by atoms with Gasteiger partial charge in [-0.05, 0) is 33.5 Å². The summed E-state index contributed by atoms with van der Waals surface area (Å²) >= 11 is 0. The van der Waals surface area contributed by atoms with Gasteiger partial charge in [0.05, 0.1) is 0 Å². The van der Waals surface area contributed by atoms with E-state index in [0.29, 0.717) is 6.54 Å². The Morgan fingerprint density at radius 1 is 1.28 bits per heavy atom. The van der Waals surface area contributed by atoms with Gasteiger partial charge in [-0.3, -0.25) is 10.1 Å². The highest BCUT2D eigenvalue weighted by Crippen LogP contribution is 2.17. The van der Waals surface area contributed by atoms with Crippen LogP contribution in [0.5, 0.6) is 0 Å². The summed E-state index contributed by atoms with van der Waals surface area (Å²) in [6.45, 7) is 5.43. The number of carboxylic acids is 1. The SMILES string of the molecule is Cc1cc(C)cc(C(NCCN(C)C)C(=O)O)c1. The molecule has 0 fully saturated rings. The topological polar surface area (TPSA) is 52.6 Å². The molecular formula is C14H22N2O2. The molecule has 4 nitrogen and oxygen atoms in total. The molecule has 1 aromatic carbocycles. The van der Waals surface area contributed by atoms with Gasteiger partial charge in [0.25, 0.3) is 0 Å². The van der Waals surface area contributed by atoms with E-state index < -0.39 is 12.0 Å². The van der Waals surface area contributed by atoms with Crippen molar-refractivity contribution in [3.8, 4) is 0 Å². The number of aryl methyl sites for hydroxylation is 2. The maximum absolute atomic E-state index is 11.3. The van der Waals surface area contributed by atoms with E-state index in [1.807, 2.05) is 51.0 Å². The van der Waals surface area contributed by atoms with Gasteiger partial charge >= 0.3 is 5.97 Å². The van der Waals surface area contributed by atoms with E-state index in [-0.39, 0.29) is 0 Å². The van der Waals surface area contributed by atoms with Crippen molar-refractivity contribution in [2.24, 2.45) is 0 Å². The fourth-order valence-electron chi connectivity index (χ4n) is 1.96. The Morgan fingerprint density at radius 2 is 1.83 bits per heavy atom. The molecule has 1 aromatic rings. The first-order valence-electron chi connectivity index (χ1n) is 6.09. The molecule has 0 saturated heterocycles. The van der Waals surface area contributed by atoms with Gasteiger partial charge in [0.15, 0.2) is 0 Å². The monoisotopic (exact) mass is 250 g/mol. The summed E-state index contributed by atoms with van der Waals surface area (Å²) in [7, 11) is 3.93. The summed E-state index contributed by atoms with van der Waals surface area (Å²) in [4.78, 5) is 13.3. The second kappa shape index (κ2) is 6.52. The Bertz CT molecular complexity index is 396. The van der Waals surface area contributed by atoms with Crippen LogP contribution in [0.3, 0.4) is 0 Å². The first-order chi connectivity index (χ1) is 8.40. The molecule has 1 rings (SSSR count). The summed E-state index contributed by atoms with van der Waals surface area (Å²) in [6.07, 6.45) is 0. The van der Waals surface area contributed by atoms with Gasteiger partial charge in [0.1, 0.15) is 6.04 Å². The van der Waals surface area contributed by atoms with Crippen molar-refractivity contribution >= 4 is 5.97 Å². The molecule has 0 bridgehead atoms. The minimum absolute atomic E-state index is 0.636. The van der Waals surface area contributed by atoms with Gasteiger partial charge in [0.2, 0.25) is 0 Å². The zero-order chi connectivity index (χ0) is 13.7. The lowest BCUT2D eigenvalue weighted by Gasteiger charge is -2.18. The van der Waals surface area contributed by atoms with Crippen molar-refractivity contribution in [1.82, 2.24) is 10.2 Å². The molecule has 0 aliphatic carbocycles. The maximum atomic E-state index is 11.3. The van der Waals surface area contributed by atoms with Crippen LogP contribution in [-0.4, -0.2) is 43.2 Å². The number of aliphatic carboxylic acids is 1. The molecule has 1 unspecified atom stereocenters. The molecule has 0 heterocycles. The van der Waals surface area contributed by atoms with Crippen LogP contribution in [0.15, 0.2) is 18.2 Å². The highest BCUT2D eigenvalue weighted by Gasteiger charge is 2.19. The van der Waals surface area contributed by atoms with Gasteiger partial charge in [-0.2, -0.15) is 0 Å². The Kier molecular flexibility index (Phi) is 5.31. The van der Waals surface area contributed by atoms with Crippen molar-refractivity contribution in [1.29, 1.82) is 0 Å². The maximum Gasteiger partial charge on any atom is 0.325 e. The second-order valence-electron chi connectivity index (χ2n) is 4.95. The fraction of sp³-hybridized carbons (Fsp3) is 0.500. The molecule has 2 N–H and O–H groups in total. The van der Waals surface area contributed by atoms with Crippen LogP contribution in [-0.2, 0) is 4.79 Å². The van der Waals surface area contributed by atoms with Crippen LogP contribution >= 0.6 is 0 Å². The quantitative estimate of drug-likeness (QED) is 0.805. The number of carbonyl (C=O) groups is 1. The molecule has 1 atom stereocenters. The number of likely N-dealkylation sites (N-methyl/N-ethyl adjacent to an activating group) is 1. The number of nitrogens with zero attached hydrogens (tertiary/aromatic N) is 1. The molecule has 100 valence electrons. The van der Waals surface area contributed by atoms with E-state index in [0.717, 1.165) is 23.2 Å². The van der Waals surface area contributed by atoms with E-state index in [1.54, 1.807) is 0 Å². The van der Waals surface area contributed by atoms with Gasteiger partial charge in [-0.1, -0.05) is 29.3 Å². The zero-order valence-corrected chi connectivity index (χ0v) is 11.5. The third-order valence-corrected chi connectivity index (χ3v) is 2.73. The third-order valence-electron chi connectivity index (χ3n) is 2.73. The highest BCUT2D eigenvalue weighted by atomic mass is 16.4. The van der Waals surface area contributed by atoms with Crippen molar-refractivity contribution in [2.75, 3.05) is 27.2 Å². The number of nitrogens with one attached hydrogen (secondary N) is 1. The Labute approximate surface area is 109 Å². The van der Waals surface area contributed by atoms with E-state index in [9.17, 15) is 9.90 Å². The largest absolute Gasteiger partial charge is 0.480 e. The van der Waals surface area contributed by atoms with Crippen LogP contribution < -0.4 is 5.32 Å². The lowest BCUT2D eigenvalue weighted by Crippen LogP contribution is -2.34. The third kappa shape index (κ3) is 4.47. The standard InChI is InChI=1S/C14H22N2O2/c1-10-7-11(2)9-12(8-10)13(14(17)18)15-5-6-16(3)4/h7-9,13,15H,5-6H2,1-4H3,(H,17,18). The molecule has 4 heteroatoms.